The number of amides is 4. The van der Waals surface area contributed by atoms with Crippen molar-refractivity contribution in [2.75, 3.05) is 13.7 Å². The molecule has 0 spiro atoms. The molecule has 2 aliphatic heterocycles. The van der Waals surface area contributed by atoms with Crippen molar-refractivity contribution in [3.8, 4) is 34.6 Å². The van der Waals surface area contributed by atoms with E-state index >= 15 is 0 Å². The minimum absolute atomic E-state index is 0.108. The van der Waals surface area contributed by atoms with Crippen LogP contribution in [-0.4, -0.2) is 52.0 Å². The van der Waals surface area contributed by atoms with Crippen LogP contribution in [0.25, 0.3) is 11.3 Å². The van der Waals surface area contributed by atoms with E-state index in [1.165, 1.54) is 18.2 Å². The number of fused-ring (bicyclic) bond motifs is 1. The minimum atomic E-state index is -1.62. The van der Waals surface area contributed by atoms with E-state index in [1.807, 2.05) is 0 Å². The number of nitrogens with one attached hydrogen (secondary N) is 2. The highest BCUT2D eigenvalue weighted by Gasteiger charge is 2.48. The Labute approximate surface area is 200 Å². The fraction of sp³-hybridized carbons (Fsp3) is 0.154. The lowest BCUT2D eigenvalue weighted by molar-refractivity contribution is -0.122. The van der Waals surface area contributed by atoms with Crippen LogP contribution in [0, 0.1) is 11.8 Å². The quantitative estimate of drug-likeness (QED) is 0.398. The molecule has 0 aliphatic carbocycles. The first-order valence-electron chi connectivity index (χ1n) is 10.8. The minimum Gasteiger partial charge on any atom is -0.507 e. The molecule has 2 aromatic carbocycles. The van der Waals surface area contributed by atoms with Crippen molar-refractivity contribution in [3.63, 3.8) is 0 Å². The highest BCUT2D eigenvalue weighted by Crippen LogP contribution is 2.29. The molecule has 3 heterocycles. The van der Waals surface area contributed by atoms with E-state index in [-0.39, 0.29) is 24.7 Å². The van der Waals surface area contributed by atoms with Gasteiger partial charge in [-0.25, -0.2) is 4.79 Å². The molecule has 0 unspecified atom stereocenters. The second-order valence-corrected chi connectivity index (χ2v) is 8.20. The average Bonchev–Trinajstić information content (AvgIpc) is 3.32. The van der Waals surface area contributed by atoms with Crippen LogP contribution in [-0.2, 0) is 11.3 Å². The van der Waals surface area contributed by atoms with Gasteiger partial charge in [0.15, 0.2) is 0 Å². The number of carbonyl (C=O) groups excluding carboxylic acids is 3. The second kappa shape index (κ2) is 8.50. The third-order valence-electron chi connectivity index (χ3n) is 5.93. The molecule has 1 aromatic heterocycles. The molecule has 3 N–H and O–H groups in total. The van der Waals surface area contributed by atoms with Crippen molar-refractivity contribution in [2.24, 2.45) is 0 Å². The maximum atomic E-state index is 13.0. The average molecular weight is 468 g/mol. The van der Waals surface area contributed by atoms with Crippen molar-refractivity contribution in [1.29, 1.82) is 0 Å². The molecule has 0 bridgehead atoms. The number of aromatic nitrogens is 1. The van der Waals surface area contributed by atoms with Crippen LogP contribution >= 0.6 is 0 Å². The summed E-state index contributed by atoms with van der Waals surface area (Å²) in [6, 6.07) is 14.8. The zero-order valence-corrected chi connectivity index (χ0v) is 18.7. The van der Waals surface area contributed by atoms with E-state index < -0.39 is 17.5 Å². The van der Waals surface area contributed by atoms with Crippen molar-refractivity contribution >= 4 is 17.8 Å². The maximum Gasteiger partial charge on any atom is 0.323 e. The Morgan fingerprint density at radius 1 is 1.11 bits per heavy atom. The molecule has 0 radical (unpaired) electrons. The summed E-state index contributed by atoms with van der Waals surface area (Å²) in [6.07, 6.45) is 1.51. The number of benzene rings is 2. The number of hydrogen-bond acceptors (Lipinski definition) is 6. The Hall–Kier alpha value is -4.84. The van der Waals surface area contributed by atoms with E-state index in [4.69, 9.17) is 4.74 Å². The first-order chi connectivity index (χ1) is 16.9. The van der Waals surface area contributed by atoms with Gasteiger partial charge in [-0.2, -0.15) is 0 Å². The lowest BCUT2D eigenvalue weighted by Gasteiger charge is -2.26. The van der Waals surface area contributed by atoms with Gasteiger partial charge in [-0.1, -0.05) is 30.0 Å². The number of nitrogens with zero attached hydrogens (tertiary/aromatic N) is 2. The maximum absolute atomic E-state index is 13.0. The molecule has 3 aromatic rings. The normalized spacial score (nSPS) is 18.4. The summed E-state index contributed by atoms with van der Waals surface area (Å²) in [6.45, 7) is 0.151. The largest absolute Gasteiger partial charge is 0.507 e. The Morgan fingerprint density at radius 3 is 2.63 bits per heavy atom. The molecular formula is C26H20N4O5. The molecule has 9 heteroatoms. The topological polar surface area (TPSA) is 121 Å². The number of phenolic OH excluding ortho intramolecular Hbond substituents is 1. The molecule has 1 saturated heterocycles. The number of urea groups is 1. The summed E-state index contributed by atoms with van der Waals surface area (Å²) in [7, 11) is 1.52. The summed E-state index contributed by atoms with van der Waals surface area (Å²) in [5.41, 5.74) is 1.31. The highest BCUT2D eigenvalue weighted by atomic mass is 16.5. The Balaban J connectivity index is 1.42. The standard InChI is InChI=1S/C26H20N4O5/c1-35-18-8-7-17-14-30(23(32)20(17)12-18)15-26(24(33)28-25(34)29-26)11-10-16-6-9-21(27-13-16)19-4-2-3-5-22(19)31/h2-9,12-13,31H,14-15H2,1H3,(H2,28,29,33,34)/t26-/m1/s1. The number of imide groups is 1. The predicted molar refractivity (Wildman–Crippen MR) is 125 cm³/mol. The van der Waals surface area contributed by atoms with Gasteiger partial charge in [0, 0.05) is 29.4 Å². The van der Waals surface area contributed by atoms with Gasteiger partial charge < -0.3 is 20.1 Å². The van der Waals surface area contributed by atoms with Crippen LogP contribution in [0.15, 0.2) is 60.8 Å². The fourth-order valence-electron chi connectivity index (χ4n) is 4.11. The van der Waals surface area contributed by atoms with Crippen molar-refractivity contribution in [1.82, 2.24) is 20.5 Å². The van der Waals surface area contributed by atoms with Gasteiger partial charge in [0.1, 0.15) is 11.5 Å². The van der Waals surface area contributed by atoms with Crippen molar-refractivity contribution in [2.45, 2.75) is 12.1 Å². The van der Waals surface area contributed by atoms with Gasteiger partial charge in [-0.05, 0) is 42.0 Å². The number of para-hydroxylation sites is 1. The Bertz CT molecular complexity index is 1420. The molecule has 4 amide bonds. The molecule has 9 nitrogen and oxygen atoms in total. The van der Waals surface area contributed by atoms with E-state index in [0.29, 0.717) is 28.1 Å². The lowest BCUT2D eigenvalue weighted by Crippen LogP contribution is -2.54. The summed E-state index contributed by atoms with van der Waals surface area (Å²) in [5, 5.41) is 14.8. The number of aromatic hydroxyl groups is 1. The third-order valence-corrected chi connectivity index (χ3v) is 5.93. The number of pyridine rings is 1. The molecule has 2 aliphatic rings. The van der Waals surface area contributed by atoms with Gasteiger partial charge in [0.25, 0.3) is 11.8 Å². The van der Waals surface area contributed by atoms with E-state index in [1.54, 1.807) is 54.6 Å². The van der Waals surface area contributed by atoms with Crippen LogP contribution in [0.5, 0.6) is 11.5 Å². The van der Waals surface area contributed by atoms with Crippen LogP contribution < -0.4 is 15.4 Å². The van der Waals surface area contributed by atoms with Gasteiger partial charge in [-0.15, -0.1) is 0 Å². The zero-order valence-electron chi connectivity index (χ0n) is 18.7. The molecule has 5 rings (SSSR count). The van der Waals surface area contributed by atoms with Crippen molar-refractivity contribution in [3.05, 3.63) is 77.5 Å². The zero-order chi connectivity index (χ0) is 24.6. The summed E-state index contributed by atoms with van der Waals surface area (Å²) < 4.78 is 5.20. The molecular weight excluding hydrogens is 448 g/mol. The summed E-state index contributed by atoms with van der Waals surface area (Å²) in [4.78, 5) is 43.6. The van der Waals surface area contributed by atoms with Crippen LogP contribution in [0.1, 0.15) is 21.5 Å². The third kappa shape index (κ3) is 4.02. The fourth-order valence-corrected chi connectivity index (χ4v) is 4.11. The van der Waals surface area contributed by atoms with Crippen LogP contribution in [0.4, 0.5) is 4.79 Å². The molecule has 1 fully saturated rings. The number of hydrogen-bond donors (Lipinski definition) is 3. The number of phenols is 1. The Morgan fingerprint density at radius 2 is 1.94 bits per heavy atom. The molecule has 0 saturated carbocycles. The molecule has 35 heavy (non-hydrogen) atoms. The predicted octanol–water partition coefficient (Wildman–Crippen LogP) is 2.05. The number of rotatable bonds is 4. The van der Waals surface area contributed by atoms with Gasteiger partial charge in [0.2, 0.25) is 5.54 Å². The number of methoxy groups -OCH3 is 1. The van der Waals surface area contributed by atoms with Gasteiger partial charge >= 0.3 is 6.03 Å². The van der Waals surface area contributed by atoms with Crippen LogP contribution in [0.3, 0.4) is 0 Å². The number of ether oxygens (including phenoxy) is 1. The summed E-state index contributed by atoms with van der Waals surface area (Å²) >= 11 is 0. The van der Waals surface area contributed by atoms with Gasteiger partial charge in [-0.3, -0.25) is 19.9 Å². The van der Waals surface area contributed by atoms with Crippen LogP contribution in [0.2, 0.25) is 0 Å². The lowest BCUT2D eigenvalue weighted by atomic mass is 9.99. The first kappa shape index (κ1) is 22.0. The van der Waals surface area contributed by atoms with E-state index in [2.05, 4.69) is 27.5 Å². The monoisotopic (exact) mass is 468 g/mol. The summed E-state index contributed by atoms with van der Waals surface area (Å²) in [5.74, 6) is 5.51. The smallest absolute Gasteiger partial charge is 0.323 e. The molecule has 1 atom stereocenters. The van der Waals surface area contributed by atoms with E-state index in [0.717, 1.165) is 5.56 Å². The highest BCUT2D eigenvalue weighted by molar-refractivity contribution is 6.10. The molecule has 174 valence electrons. The van der Waals surface area contributed by atoms with E-state index in [9.17, 15) is 19.5 Å². The van der Waals surface area contributed by atoms with Crippen molar-refractivity contribution < 1.29 is 24.2 Å². The SMILES string of the molecule is COc1ccc2c(c1)C(=O)N(C[C@@]1(C#Cc3ccc(-c4ccccc4O)nc3)NC(=O)NC1=O)C2. The first-order valence-corrected chi connectivity index (χ1v) is 10.8. The number of carbonyl (C=O) groups is 3. The Kier molecular flexibility index (Phi) is 5.34. The van der Waals surface area contributed by atoms with Gasteiger partial charge in [0.05, 0.1) is 19.3 Å². The second-order valence-electron chi connectivity index (χ2n) is 8.20.